The Kier molecular flexibility index (Phi) is 3.45. The highest BCUT2D eigenvalue weighted by molar-refractivity contribution is 5.97. The summed E-state index contributed by atoms with van der Waals surface area (Å²) in [5.41, 5.74) is 0.559. The Balaban J connectivity index is 2.11. The predicted octanol–water partition coefficient (Wildman–Crippen LogP) is -0.308. The zero-order valence-electron chi connectivity index (χ0n) is 10.1. The monoisotopic (exact) mass is 249 g/mol. The highest BCUT2D eigenvalue weighted by Gasteiger charge is 2.24. The molecule has 1 saturated heterocycles. The molecule has 0 aromatic carbocycles. The molecule has 2 rings (SSSR count). The van der Waals surface area contributed by atoms with Gasteiger partial charge in [0.25, 0.3) is 5.91 Å². The zero-order valence-corrected chi connectivity index (χ0v) is 10.1. The van der Waals surface area contributed by atoms with Crippen molar-refractivity contribution in [3.63, 3.8) is 0 Å². The maximum absolute atomic E-state index is 11.9. The minimum absolute atomic E-state index is 0.170. The van der Waals surface area contributed by atoms with Crippen LogP contribution in [0.5, 0.6) is 0 Å². The highest BCUT2D eigenvalue weighted by Crippen LogP contribution is 2.05. The molecular formula is C12H15N3O3. The molecular weight excluding hydrogens is 234 g/mol. The fourth-order valence-corrected chi connectivity index (χ4v) is 1.97. The standard InChI is InChI=1S/C12H15N3O3/c1-7-5-8(6-10(16)14-7)11(17)15-9-3-2-4-13-12(9)18/h5-6,9H,2-4H2,1H3,(H,13,18)(H,14,16)(H,15,17). The third-order valence-corrected chi connectivity index (χ3v) is 2.83. The van der Waals surface area contributed by atoms with Crippen LogP contribution in [0, 0.1) is 6.92 Å². The van der Waals surface area contributed by atoms with Gasteiger partial charge in [0.05, 0.1) is 0 Å². The van der Waals surface area contributed by atoms with Gasteiger partial charge in [0.15, 0.2) is 0 Å². The van der Waals surface area contributed by atoms with Gasteiger partial charge >= 0.3 is 0 Å². The summed E-state index contributed by atoms with van der Waals surface area (Å²) in [7, 11) is 0. The number of amides is 2. The number of pyridine rings is 1. The Morgan fingerprint density at radius 2 is 2.17 bits per heavy atom. The molecule has 0 bridgehead atoms. The molecule has 6 nitrogen and oxygen atoms in total. The van der Waals surface area contributed by atoms with E-state index in [1.54, 1.807) is 13.0 Å². The van der Waals surface area contributed by atoms with Crippen molar-refractivity contribution in [2.45, 2.75) is 25.8 Å². The summed E-state index contributed by atoms with van der Waals surface area (Å²) >= 11 is 0. The van der Waals surface area contributed by atoms with Crippen molar-refractivity contribution >= 4 is 11.8 Å². The Bertz CT molecular complexity index is 536. The summed E-state index contributed by atoms with van der Waals surface area (Å²) in [6, 6.07) is 2.30. The minimum atomic E-state index is -0.508. The van der Waals surface area contributed by atoms with Gasteiger partial charge in [-0.15, -0.1) is 0 Å². The maximum atomic E-state index is 11.9. The van der Waals surface area contributed by atoms with Crippen LogP contribution in [-0.2, 0) is 4.79 Å². The third kappa shape index (κ3) is 2.77. The molecule has 0 saturated carbocycles. The van der Waals surface area contributed by atoms with E-state index in [1.807, 2.05) is 0 Å². The first-order valence-corrected chi connectivity index (χ1v) is 5.86. The second kappa shape index (κ2) is 5.03. The number of piperidine rings is 1. The lowest BCUT2D eigenvalue weighted by atomic mass is 10.1. The van der Waals surface area contributed by atoms with Gasteiger partial charge < -0.3 is 15.6 Å². The van der Waals surface area contributed by atoms with Crippen molar-refractivity contribution < 1.29 is 9.59 Å². The lowest BCUT2D eigenvalue weighted by molar-refractivity contribution is -0.124. The average Bonchev–Trinajstić information content (AvgIpc) is 2.31. The number of aromatic amines is 1. The van der Waals surface area contributed by atoms with E-state index < -0.39 is 11.9 Å². The van der Waals surface area contributed by atoms with Crippen LogP contribution in [0.2, 0.25) is 0 Å². The molecule has 6 heteroatoms. The number of hydrogen-bond donors (Lipinski definition) is 3. The van der Waals surface area contributed by atoms with Crippen LogP contribution >= 0.6 is 0 Å². The summed E-state index contributed by atoms with van der Waals surface area (Å²) in [5.74, 6) is -0.567. The molecule has 0 radical (unpaired) electrons. The fourth-order valence-electron chi connectivity index (χ4n) is 1.97. The van der Waals surface area contributed by atoms with Gasteiger partial charge in [0, 0.05) is 23.9 Å². The van der Waals surface area contributed by atoms with Gasteiger partial charge in [-0.25, -0.2) is 0 Å². The van der Waals surface area contributed by atoms with Crippen molar-refractivity contribution in [1.29, 1.82) is 0 Å². The lowest BCUT2D eigenvalue weighted by Crippen LogP contribution is -2.50. The zero-order chi connectivity index (χ0) is 13.1. The van der Waals surface area contributed by atoms with Crippen molar-refractivity contribution in [2.24, 2.45) is 0 Å². The summed E-state index contributed by atoms with van der Waals surface area (Å²) in [6.45, 7) is 2.35. The number of aromatic nitrogens is 1. The van der Waals surface area contributed by atoms with Crippen LogP contribution in [0.25, 0.3) is 0 Å². The van der Waals surface area contributed by atoms with Gasteiger partial charge in [-0.2, -0.15) is 0 Å². The molecule has 18 heavy (non-hydrogen) atoms. The molecule has 96 valence electrons. The number of hydrogen-bond acceptors (Lipinski definition) is 3. The fraction of sp³-hybridized carbons (Fsp3) is 0.417. The summed E-state index contributed by atoms with van der Waals surface area (Å²) < 4.78 is 0. The van der Waals surface area contributed by atoms with Gasteiger partial charge in [-0.1, -0.05) is 0 Å². The Morgan fingerprint density at radius 1 is 1.39 bits per heavy atom. The smallest absolute Gasteiger partial charge is 0.252 e. The van der Waals surface area contributed by atoms with Crippen LogP contribution in [0.15, 0.2) is 16.9 Å². The SMILES string of the molecule is Cc1cc(C(=O)NC2CCCNC2=O)cc(=O)[nH]1. The average molecular weight is 249 g/mol. The number of aryl methyl sites for hydroxylation is 1. The van der Waals surface area contributed by atoms with Crippen molar-refractivity contribution in [1.82, 2.24) is 15.6 Å². The molecule has 1 aliphatic heterocycles. The van der Waals surface area contributed by atoms with E-state index in [4.69, 9.17) is 0 Å². The minimum Gasteiger partial charge on any atom is -0.354 e. The van der Waals surface area contributed by atoms with Crippen LogP contribution in [0.3, 0.4) is 0 Å². The molecule has 1 aromatic rings. The largest absolute Gasteiger partial charge is 0.354 e. The molecule has 3 N–H and O–H groups in total. The van der Waals surface area contributed by atoms with Gasteiger partial charge in [0.2, 0.25) is 11.5 Å². The molecule has 1 atom stereocenters. The summed E-state index contributed by atoms with van der Waals surface area (Å²) in [5, 5.41) is 5.33. The Labute approximate surface area is 104 Å². The summed E-state index contributed by atoms with van der Waals surface area (Å²) in [6.07, 6.45) is 1.46. The van der Waals surface area contributed by atoms with Gasteiger partial charge in [-0.05, 0) is 25.8 Å². The molecule has 1 fully saturated rings. The van der Waals surface area contributed by atoms with E-state index in [1.165, 1.54) is 6.07 Å². The second-order valence-electron chi connectivity index (χ2n) is 4.38. The number of carbonyl (C=O) groups is 2. The molecule has 0 spiro atoms. The van der Waals surface area contributed by atoms with E-state index in [2.05, 4.69) is 15.6 Å². The second-order valence-corrected chi connectivity index (χ2v) is 4.38. The lowest BCUT2D eigenvalue weighted by Gasteiger charge is -2.22. The van der Waals surface area contributed by atoms with Crippen LogP contribution in [0.1, 0.15) is 28.9 Å². The quantitative estimate of drug-likeness (QED) is 0.671. The van der Waals surface area contributed by atoms with Crippen molar-refractivity contribution in [3.05, 3.63) is 33.7 Å². The molecule has 1 unspecified atom stereocenters. The topological polar surface area (TPSA) is 91.1 Å². The number of rotatable bonds is 2. The highest BCUT2D eigenvalue weighted by atomic mass is 16.2. The van der Waals surface area contributed by atoms with E-state index in [9.17, 15) is 14.4 Å². The van der Waals surface area contributed by atoms with Crippen LogP contribution in [0.4, 0.5) is 0 Å². The molecule has 2 heterocycles. The van der Waals surface area contributed by atoms with Crippen LogP contribution < -0.4 is 16.2 Å². The predicted molar refractivity (Wildman–Crippen MR) is 65.3 cm³/mol. The molecule has 1 aromatic heterocycles. The van der Waals surface area contributed by atoms with E-state index >= 15 is 0 Å². The Hall–Kier alpha value is -2.11. The first-order valence-electron chi connectivity index (χ1n) is 5.86. The van der Waals surface area contributed by atoms with Gasteiger partial charge in [-0.3, -0.25) is 14.4 Å². The molecule has 1 aliphatic rings. The first-order chi connectivity index (χ1) is 8.56. The van der Waals surface area contributed by atoms with Crippen molar-refractivity contribution in [2.75, 3.05) is 6.54 Å². The number of H-pyrrole nitrogens is 1. The maximum Gasteiger partial charge on any atom is 0.252 e. The number of carbonyl (C=O) groups excluding carboxylic acids is 2. The van der Waals surface area contributed by atoms with Crippen molar-refractivity contribution in [3.8, 4) is 0 Å². The van der Waals surface area contributed by atoms with Crippen LogP contribution in [-0.4, -0.2) is 29.4 Å². The normalized spacial score (nSPS) is 19.2. The number of nitrogens with one attached hydrogen (secondary N) is 3. The Morgan fingerprint density at radius 3 is 2.83 bits per heavy atom. The molecule has 2 amide bonds. The first kappa shape index (κ1) is 12.3. The van der Waals surface area contributed by atoms with E-state index in [0.717, 1.165) is 6.42 Å². The van der Waals surface area contributed by atoms with E-state index in [0.29, 0.717) is 18.7 Å². The molecule has 0 aliphatic carbocycles. The third-order valence-electron chi connectivity index (χ3n) is 2.83. The van der Waals surface area contributed by atoms with E-state index in [-0.39, 0.29) is 17.0 Å². The van der Waals surface area contributed by atoms with Gasteiger partial charge in [0.1, 0.15) is 6.04 Å². The summed E-state index contributed by atoms with van der Waals surface area (Å²) in [4.78, 5) is 37.2.